The molecule has 0 aromatic carbocycles. The Morgan fingerprint density at radius 3 is 1.04 bits per heavy atom. The second kappa shape index (κ2) is 23.3. The molecule has 0 aromatic heterocycles. The standard InChI is InChI=1S/C24H49NO2/c1-2-3-4-5-6-7-8-9-10-11-12-13-14-15-16-17-18-19-20-21-22-23-27-24(25)26/h2-23H2,1H3,(H2,25,26). The van der Waals surface area contributed by atoms with E-state index in [1.807, 2.05) is 0 Å². The zero-order chi connectivity index (χ0) is 19.8. The summed E-state index contributed by atoms with van der Waals surface area (Å²) in [4.78, 5) is 10.4. The summed E-state index contributed by atoms with van der Waals surface area (Å²) in [5.41, 5.74) is 4.92. The molecule has 0 unspecified atom stereocenters. The van der Waals surface area contributed by atoms with Gasteiger partial charge in [0, 0.05) is 0 Å². The molecule has 0 aliphatic heterocycles. The van der Waals surface area contributed by atoms with Crippen molar-refractivity contribution in [3.63, 3.8) is 0 Å². The maximum atomic E-state index is 10.4. The minimum Gasteiger partial charge on any atom is -0.450 e. The van der Waals surface area contributed by atoms with Crippen LogP contribution in [-0.2, 0) is 4.74 Å². The van der Waals surface area contributed by atoms with E-state index in [2.05, 4.69) is 6.92 Å². The molecule has 3 nitrogen and oxygen atoms in total. The number of carbonyl (C=O) groups excluding carboxylic acids is 1. The summed E-state index contributed by atoms with van der Waals surface area (Å²) in [6, 6.07) is 0. The van der Waals surface area contributed by atoms with Crippen molar-refractivity contribution in [3.8, 4) is 0 Å². The summed E-state index contributed by atoms with van der Waals surface area (Å²) < 4.78 is 4.72. The largest absolute Gasteiger partial charge is 0.450 e. The zero-order valence-electron chi connectivity index (χ0n) is 18.5. The van der Waals surface area contributed by atoms with Gasteiger partial charge in [-0.05, 0) is 6.42 Å². The Balaban J connectivity index is 2.98. The lowest BCUT2D eigenvalue weighted by Crippen LogP contribution is -2.13. The van der Waals surface area contributed by atoms with E-state index in [1.165, 1.54) is 122 Å². The molecule has 0 aliphatic carbocycles. The van der Waals surface area contributed by atoms with E-state index in [0.29, 0.717) is 6.61 Å². The lowest BCUT2D eigenvalue weighted by Gasteiger charge is -2.04. The third-order valence-electron chi connectivity index (χ3n) is 5.49. The summed E-state index contributed by atoms with van der Waals surface area (Å²) in [5.74, 6) is 0. The van der Waals surface area contributed by atoms with Crippen molar-refractivity contribution in [3.05, 3.63) is 0 Å². The number of hydrogen-bond donors (Lipinski definition) is 1. The topological polar surface area (TPSA) is 52.3 Å². The predicted molar refractivity (Wildman–Crippen MR) is 118 cm³/mol. The fourth-order valence-corrected chi connectivity index (χ4v) is 3.71. The van der Waals surface area contributed by atoms with Gasteiger partial charge in [-0.25, -0.2) is 4.79 Å². The molecule has 0 spiro atoms. The molecule has 2 N–H and O–H groups in total. The minimum absolute atomic E-state index is 0.481. The smallest absolute Gasteiger partial charge is 0.404 e. The van der Waals surface area contributed by atoms with Crippen LogP contribution in [0.1, 0.15) is 142 Å². The number of primary amides is 1. The van der Waals surface area contributed by atoms with Crippen LogP contribution in [0.15, 0.2) is 0 Å². The number of hydrogen-bond acceptors (Lipinski definition) is 2. The van der Waals surface area contributed by atoms with Crippen LogP contribution in [0.5, 0.6) is 0 Å². The number of ether oxygens (including phenoxy) is 1. The maximum Gasteiger partial charge on any atom is 0.404 e. The third-order valence-corrected chi connectivity index (χ3v) is 5.49. The number of amides is 1. The molecule has 0 atom stereocenters. The van der Waals surface area contributed by atoms with Crippen LogP contribution in [0, 0.1) is 0 Å². The van der Waals surface area contributed by atoms with Gasteiger partial charge in [0.05, 0.1) is 6.61 Å². The molecule has 0 rings (SSSR count). The van der Waals surface area contributed by atoms with Crippen LogP contribution in [0.25, 0.3) is 0 Å². The van der Waals surface area contributed by atoms with Gasteiger partial charge in [-0.1, -0.05) is 135 Å². The van der Waals surface area contributed by atoms with E-state index in [0.717, 1.165) is 12.8 Å². The number of rotatable bonds is 22. The molecule has 0 aliphatic rings. The molecule has 0 fully saturated rings. The molecule has 0 saturated heterocycles. The van der Waals surface area contributed by atoms with Crippen molar-refractivity contribution in [1.29, 1.82) is 0 Å². The highest BCUT2D eigenvalue weighted by atomic mass is 16.5. The van der Waals surface area contributed by atoms with Crippen LogP contribution in [0.2, 0.25) is 0 Å². The molecule has 3 heteroatoms. The van der Waals surface area contributed by atoms with E-state index >= 15 is 0 Å². The molecular formula is C24H49NO2. The first-order chi connectivity index (χ1) is 13.3. The first-order valence-electron chi connectivity index (χ1n) is 12.2. The lowest BCUT2D eigenvalue weighted by atomic mass is 10.0. The fourth-order valence-electron chi connectivity index (χ4n) is 3.71. The van der Waals surface area contributed by atoms with E-state index < -0.39 is 6.09 Å². The summed E-state index contributed by atoms with van der Waals surface area (Å²) in [7, 11) is 0. The average molecular weight is 384 g/mol. The van der Waals surface area contributed by atoms with Gasteiger partial charge >= 0.3 is 6.09 Å². The van der Waals surface area contributed by atoms with Gasteiger partial charge in [0.2, 0.25) is 0 Å². The molecule has 0 radical (unpaired) electrons. The quantitative estimate of drug-likeness (QED) is 0.191. The lowest BCUT2D eigenvalue weighted by molar-refractivity contribution is 0.154. The predicted octanol–water partition coefficient (Wildman–Crippen LogP) is 8.29. The zero-order valence-corrected chi connectivity index (χ0v) is 18.5. The Labute approximate surface area is 170 Å². The van der Waals surface area contributed by atoms with Gasteiger partial charge in [0.15, 0.2) is 0 Å². The van der Waals surface area contributed by atoms with Gasteiger partial charge < -0.3 is 10.5 Å². The van der Waals surface area contributed by atoms with Crippen LogP contribution in [-0.4, -0.2) is 12.7 Å². The third kappa shape index (κ3) is 25.3. The average Bonchev–Trinajstić information content (AvgIpc) is 2.65. The molecule has 162 valence electrons. The first kappa shape index (κ1) is 26.3. The normalized spacial score (nSPS) is 11.0. The summed E-state index contributed by atoms with van der Waals surface area (Å²) in [6.07, 6.45) is 28.3. The Kier molecular flexibility index (Phi) is 22.7. The van der Waals surface area contributed by atoms with Gasteiger partial charge in [0.1, 0.15) is 0 Å². The van der Waals surface area contributed by atoms with Crippen molar-refractivity contribution in [2.24, 2.45) is 5.73 Å². The highest BCUT2D eigenvalue weighted by Gasteiger charge is 1.96. The molecule has 0 bridgehead atoms. The highest BCUT2D eigenvalue weighted by molar-refractivity contribution is 5.64. The molecule has 27 heavy (non-hydrogen) atoms. The Morgan fingerprint density at radius 1 is 0.519 bits per heavy atom. The summed E-state index contributed by atoms with van der Waals surface area (Å²) >= 11 is 0. The van der Waals surface area contributed by atoms with Gasteiger partial charge in [-0.15, -0.1) is 0 Å². The summed E-state index contributed by atoms with van der Waals surface area (Å²) in [5, 5.41) is 0. The van der Waals surface area contributed by atoms with E-state index in [-0.39, 0.29) is 0 Å². The van der Waals surface area contributed by atoms with Gasteiger partial charge in [0.25, 0.3) is 0 Å². The number of nitrogens with two attached hydrogens (primary N) is 1. The Hall–Kier alpha value is -0.730. The summed E-state index contributed by atoms with van der Waals surface area (Å²) in [6.45, 7) is 2.77. The van der Waals surface area contributed by atoms with E-state index in [9.17, 15) is 4.79 Å². The van der Waals surface area contributed by atoms with Crippen molar-refractivity contribution in [2.75, 3.05) is 6.61 Å². The van der Waals surface area contributed by atoms with Gasteiger partial charge in [-0.3, -0.25) is 0 Å². The van der Waals surface area contributed by atoms with Crippen LogP contribution in [0.3, 0.4) is 0 Å². The van der Waals surface area contributed by atoms with E-state index in [1.54, 1.807) is 0 Å². The molecule has 0 saturated carbocycles. The van der Waals surface area contributed by atoms with Crippen LogP contribution < -0.4 is 5.73 Å². The van der Waals surface area contributed by atoms with Gasteiger partial charge in [-0.2, -0.15) is 0 Å². The molecule has 1 amide bonds. The first-order valence-corrected chi connectivity index (χ1v) is 12.2. The Bertz CT molecular complexity index is 294. The number of carbonyl (C=O) groups is 1. The van der Waals surface area contributed by atoms with Crippen LogP contribution >= 0.6 is 0 Å². The fraction of sp³-hybridized carbons (Fsp3) is 0.958. The van der Waals surface area contributed by atoms with Crippen molar-refractivity contribution < 1.29 is 9.53 Å². The minimum atomic E-state index is -0.650. The number of unbranched alkanes of at least 4 members (excludes halogenated alkanes) is 20. The second-order valence-electron chi connectivity index (χ2n) is 8.24. The van der Waals surface area contributed by atoms with Crippen molar-refractivity contribution >= 4 is 6.09 Å². The molecule has 0 aromatic rings. The molecule has 0 heterocycles. The second-order valence-corrected chi connectivity index (χ2v) is 8.24. The Morgan fingerprint density at radius 2 is 0.778 bits per heavy atom. The monoisotopic (exact) mass is 383 g/mol. The SMILES string of the molecule is CCCCCCCCCCCCCCCCCCCCCCCOC(N)=O. The van der Waals surface area contributed by atoms with Crippen molar-refractivity contribution in [2.45, 2.75) is 142 Å². The van der Waals surface area contributed by atoms with Crippen LogP contribution in [0.4, 0.5) is 4.79 Å². The van der Waals surface area contributed by atoms with Crippen molar-refractivity contribution in [1.82, 2.24) is 0 Å². The maximum absolute atomic E-state index is 10.4. The molecular weight excluding hydrogens is 334 g/mol. The highest BCUT2D eigenvalue weighted by Crippen LogP contribution is 2.15. The van der Waals surface area contributed by atoms with E-state index in [4.69, 9.17) is 10.5 Å².